The van der Waals surface area contributed by atoms with Gasteiger partial charge < -0.3 is 4.90 Å². The molecule has 0 aromatic heterocycles. The molecule has 27 heavy (non-hydrogen) atoms. The van der Waals surface area contributed by atoms with E-state index in [1.54, 1.807) is 0 Å². The van der Waals surface area contributed by atoms with E-state index in [1.807, 2.05) is 0 Å². The van der Waals surface area contributed by atoms with Crippen LogP contribution in [0.15, 0.2) is 60.0 Å². The minimum absolute atomic E-state index is 0.197. The molecule has 0 aliphatic carbocycles. The Kier molecular flexibility index (Phi) is 5.05. The molecule has 2 aromatic carbocycles. The Morgan fingerprint density at radius 3 is 2.33 bits per heavy atom. The lowest BCUT2D eigenvalue weighted by molar-refractivity contribution is -0.137. The van der Waals surface area contributed by atoms with Gasteiger partial charge in [0.15, 0.2) is 9.84 Å². The predicted octanol–water partition coefficient (Wildman–Crippen LogP) is 4.32. The van der Waals surface area contributed by atoms with Crippen LogP contribution in [-0.2, 0) is 16.0 Å². The van der Waals surface area contributed by atoms with Crippen molar-refractivity contribution in [2.75, 3.05) is 10.7 Å². The van der Waals surface area contributed by atoms with E-state index in [2.05, 4.69) is 0 Å². The van der Waals surface area contributed by atoms with Crippen LogP contribution in [0.2, 0.25) is 5.02 Å². The third-order valence-electron chi connectivity index (χ3n) is 4.00. The highest BCUT2D eigenvalue weighted by molar-refractivity contribution is 7.94. The lowest BCUT2D eigenvalue weighted by atomic mass is 10.1. The largest absolute Gasteiger partial charge is 0.416 e. The van der Waals surface area contributed by atoms with Gasteiger partial charge in [-0.1, -0.05) is 17.7 Å². The van der Waals surface area contributed by atoms with Crippen molar-refractivity contribution in [3.8, 4) is 0 Å². The van der Waals surface area contributed by atoms with Crippen molar-refractivity contribution in [1.29, 1.82) is 0 Å². The number of hydrogen-bond donors (Lipinski definition) is 0. The van der Waals surface area contributed by atoms with Crippen LogP contribution >= 0.6 is 11.6 Å². The molecule has 0 fully saturated rings. The highest BCUT2D eigenvalue weighted by atomic mass is 35.5. The molecule has 4 nitrogen and oxygen atoms in total. The molecule has 0 saturated carbocycles. The average Bonchev–Trinajstić information content (AvgIpc) is 2.95. The molecule has 0 spiro atoms. The van der Waals surface area contributed by atoms with Gasteiger partial charge in [0, 0.05) is 21.7 Å². The summed E-state index contributed by atoms with van der Waals surface area (Å²) in [5, 5.41) is 1.40. The summed E-state index contributed by atoms with van der Waals surface area (Å²) >= 11 is 5.85. The first-order valence-corrected chi connectivity index (χ1v) is 9.83. The van der Waals surface area contributed by atoms with E-state index in [0.29, 0.717) is 10.7 Å². The number of halogens is 4. The molecule has 0 radical (unpaired) electrons. The van der Waals surface area contributed by atoms with Gasteiger partial charge in [0.2, 0.25) is 0 Å². The summed E-state index contributed by atoms with van der Waals surface area (Å²) in [6.07, 6.45) is -3.26. The first-order chi connectivity index (χ1) is 12.6. The standard InChI is InChI=1S/C18H13ClF3NO3S/c19-14-4-6-15(7-5-14)23(16-8-9-27(25,26)11-16)17(24)12-2-1-3-13(10-12)18(20,21)22/h1-10,16H,11H2/t16-/m0/s1. The number of carbonyl (C=O) groups excluding carboxylic acids is 1. The van der Waals surface area contributed by atoms with Crippen LogP contribution in [0, 0.1) is 0 Å². The van der Waals surface area contributed by atoms with E-state index in [1.165, 1.54) is 36.4 Å². The molecule has 2 aromatic rings. The van der Waals surface area contributed by atoms with Crippen molar-refractivity contribution in [2.24, 2.45) is 0 Å². The van der Waals surface area contributed by atoms with Crippen LogP contribution in [-0.4, -0.2) is 26.1 Å². The summed E-state index contributed by atoms with van der Waals surface area (Å²) in [6, 6.07) is 9.21. The lowest BCUT2D eigenvalue weighted by Gasteiger charge is -2.28. The van der Waals surface area contributed by atoms with Gasteiger partial charge in [-0.15, -0.1) is 0 Å². The van der Waals surface area contributed by atoms with Crippen molar-refractivity contribution in [3.05, 3.63) is 76.2 Å². The van der Waals surface area contributed by atoms with Crippen molar-refractivity contribution in [1.82, 2.24) is 0 Å². The molecule has 9 heteroatoms. The SMILES string of the molecule is O=C(c1cccc(C(F)(F)F)c1)N(c1ccc(Cl)cc1)[C@H]1C=CS(=O)(=O)C1. The molecule has 1 atom stereocenters. The zero-order valence-electron chi connectivity index (χ0n) is 13.7. The highest BCUT2D eigenvalue weighted by Gasteiger charge is 2.34. The zero-order chi connectivity index (χ0) is 19.8. The monoisotopic (exact) mass is 415 g/mol. The Morgan fingerprint density at radius 1 is 1.11 bits per heavy atom. The van der Waals surface area contributed by atoms with E-state index < -0.39 is 33.5 Å². The van der Waals surface area contributed by atoms with E-state index in [9.17, 15) is 26.4 Å². The number of carbonyl (C=O) groups is 1. The fourth-order valence-corrected chi connectivity index (χ4v) is 4.14. The molecule has 1 amide bonds. The molecule has 0 saturated heterocycles. The Morgan fingerprint density at radius 2 is 1.78 bits per heavy atom. The number of amides is 1. The smallest absolute Gasteiger partial charge is 0.300 e. The molecule has 142 valence electrons. The number of hydrogen-bond acceptors (Lipinski definition) is 3. The topological polar surface area (TPSA) is 54.5 Å². The summed E-state index contributed by atoms with van der Waals surface area (Å²) in [4.78, 5) is 14.2. The normalized spacial score (nSPS) is 18.4. The summed E-state index contributed by atoms with van der Waals surface area (Å²) in [5.74, 6) is -1.09. The van der Waals surface area contributed by atoms with E-state index in [4.69, 9.17) is 11.6 Å². The number of nitrogens with zero attached hydrogens (tertiary/aromatic N) is 1. The quantitative estimate of drug-likeness (QED) is 0.750. The molecule has 0 unspecified atom stereocenters. The van der Waals surface area contributed by atoms with Crippen molar-refractivity contribution in [2.45, 2.75) is 12.2 Å². The van der Waals surface area contributed by atoms with Gasteiger partial charge in [0.25, 0.3) is 5.91 Å². The van der Waals surface area contributed by atoms with Gasteiger partial charge in [0.1, 0.15) is 0 Å². The molecule has 3 rings (SSSR count). The van der Waals surface area contributed by atoms with Gasteiger partial charge in [0.05, 0.1) is 17.4 Å². The molecular formula is C18H13ClF3NO3S. The Balaban J connectivity index is 2.04. The number of rotatable bonds is 3. The zero-order valence-corrected chi connectivity index (χ0v) is 15.2. The summed E-state index contributed by atoms with van der Waals surface area (Å²) < 4.78 is 62.5. The van der Waals surface area contributed by atoms with Gasteiger partial charge in [-0.2, -0.15) is 13.2 Å². The molecule has 1 heterocycles. The maximum absolute atomic E-state index is 13.0. The van der Waals surface area contributed by atoms with Gasteiger partial charge >= 0.3 is 6.18 Å². The Labute approximate surface area is 158 Å². The molecule has 0 N–H and O–H groups in total. The third-order valence-corrected chi connectivity index (χ3v) is 5.63. The van der Waals surface area contributed by atoms with Crippen molar-refractivity contribution >= 4 is 33.0 Å². The second kappa shape index (κ2) is 7.01. The maximum atomic E-state index is 13.0. The number of sulfone groups is 1. The van der Waals surface area contributed by atoms with Crippen LogP contribution in [0.4, 0.5) is 18.9 Å². The molecule has 0 bridgehead atoms. The minimum Gasteiger partial charge on any atom is -0.300 e. The molecule has 1 aliphatic rings. The van der Waals surface area contributed by atoms with Crippen LogP contribution in [0.3, 0.4) is 0 Å². The Hall–Kier alpha value is -2.32. The second-order valence-electron chi connectivity index (χ2n) is 5.96. The van der Waals surface area contributed by atoms with Crippen LogP contribution < -0.4 is 4.90 Å². The van der Waals surface area contributed by atoms with Gasteiger partial charge in [-0.05, 0) is 48.5 Å². The maximum Gasteiger partial charge on any atom is 0.416 e. The summed E-state index contributed by atoms with van der Waals surface area (Å²) in [5.41, 5.74) is -0.829. The minimum atomic E-state index is -4.60. The van der Waals surface area contributed by atoms with E-state index in [0.717, 1.165) is 28.5 Å². The average molecular weight is 416 g/mol. The van der Waals surface area contributed by atoms with Crippen LogP contribution in [0.25, 0.3) is 0 Å². The number of alkyl halides is 3. The third kappa shape index (κ3) is 4.33. The second-order valence-corrected chi connectivity index (χ2v) is 8.32. The fourth-order valence-electron chi connectivity index (χ4n) is 2.75. The van der Waals surface area contributed by atoms with Crippen LogP contribution in [0.1, 0.15) is 15.9 Å². The highest BCUT2D eigenvalue weighted by Crippen LogP contribution is 2.31. The van der Waals surface area contributed by atoms with Gasteiger partial charge in [-0.25, -0.2) is 8.42 Å². The van der Waals surface area contributed by atoms with Crippen molar-refractivity contribution in [3.63, 3.8) is 0 Å². The Bertz CT molecular complexity index is 1000. The predicted molar refractivity (Wildman–Crippen MR) is 96.4 cm³/mol. The summed E-state index contributed by atoms with van der Waals surface area (Å²) in [6.45, 7) is 0. The molecular weight excluding hydrogens is 403 g/mol. The number of anilines is 1. The first-order valence-electron chi connectivity index (χ1n) is 7.74. The number of benzene rings is 2. The van der Waals surface area contributed by atoms with E-state index >= 15 is 0 Å². The van der Waals surface area contributed by atoms with E-state index in [-0.39, 0.29) is 11.3 Å². The lowest BCUT2D eigenvalue weighted by Crippen LogP contribution is -2.41. The fraction of sp³-hybridized carbons (Fsp3) is 0.167. The van der Waals surface area contributed by atoms with Crippen LogP contribution in [0.5, 0.6) is 0 Å². The van der Waals surface area contributed by atoms with Gasteiger partial charge in [-0.3, -0.25) is 4.79 Å². The molecule has 1 aliphatic heterocycles. The first kappa shape index (κ1) is 19.4. The summed E-state index contributed by atoms with van der Waals surface area (Å²) in [7, 11) is -3.48. The van der Waals surface area contributed by atoms with Crippen molar-refractivity contribution < 1.29 is 26.4 Å².